The number of aromatic hydroxyl groups is 1. The fraction of sp³-hybridized carbons (Fsp3) is 0.581. The molecule has 2 aliphatic rings. The summed E-state index contributed by atoms with van der Waals surface area (Å²) in [6.45, 7) is 2.87. The van der Waals surface area contributed by atoms with E-state index in [1.165, 1.54) is 17.0 Å². The van der Waals surface area contributed by atoms with Gasteiger partial charge in [0.05, 0.1) is 18.7 Å². The number of phenols is 1. The number of nitrogens with one attached hydrogen (secondary N) is 7. The van der Waals surface area contributed by atoms with Crippen molar-refractivity contribution < 1.29 is 62.6 Å². The van der Waals surface area contributed by atoms with Crippen LogP contribution in [-0.4, -0.2) is 159 Å². The molecule has 0 aliphatic carbocycles. The molecule has 0 unspecified atom stereocenters. The second-order valence-corrected chi connectivity index (χ2v) is 19.0. The average molecular weight is 1020 g/mol. The fourth-order valence-electron chi connectivity index (χ4n) is 7.31. The van der Waals surface area contributed by atoms with E-state index in [1.54, 1.807) is 26.0 Å². The van der Waals surface area contributed by atoms with E-state index in [-0.39, 0.29) is 61.0 Å². The SMILES string of the molecule is CC[C@H](C)[C@@H]1NC(=O)[C@H](Cc2ccc(O)cc2)NC(=O)CCCSC[C@@H](C(=O)N2CCC[C@H]2C(=O)N[C@@H](CSCC(N)=O)C(=O)NCC(N)=O)NC(=O)[C@H](CC(N)=O)NC(=O)[C@H](CCC(N)=O)NC1=O. The van der Waals surface area contributed by atoms with Crippen molar-refractivity contribution in [2.75, 3.05) is 36.1 Å². The molecule has 3 rings (SSSR count). The van der Waals surface area contributed by atoms with E-state index in [1.807, 2.05) is 0 Å². The first-order valence-electron chi connectivity index (χ1n) is 22.6. The van der Waals surface area contributed by atoms with E-state index < -0.39 is 145 Å². The third-order valence-corrected chi connectivity index (χ3v) is 13.4. The summed E-state index contributed by atoms with van der Waals surface area (Å²) in [4.78, 5) is 159. The van der Waals surface area contributed by atoms with Crippen molar-refractivity contribution in [3.05, 3.63) is 29.8 Å². The Hall–Kier alpha value is -6.64. The zero-order valence-corrected chi connectivity index (χ0v) is 40.6. The first-order valence-corrected chi connectivity index (χ1v) is 24.9. The number of carbonyl (C=O) groups is 12. The van der Waals surface area contributed by atoms with E-state index in [0.717, 1.165) is 23.5 Å². The van der Waals surface area contributed by atoms with Gasteiger partial charge < -0.3 is 70.2 Å². The van der Waals surface area contributed by atoms with Gasteiger partial charge >= 0.3 is 0 Å². The van der Waals surface area contributed by atoms with Gasteiger partial charge in [-0.2, -0.15) is 11.8 Å². The number of benzene rings is 1. The maximum Gasteiger partial charge on any atom is 0.246 e. The van der Waals surface area contributed by atoms with Crippen molar-refractivity contribution in [2.24, 2.45) is 28.9 Å². The van der Waals surface area contributed by atoms with Crippen LogP contribution in [0.1, 0.15) is 70.8 Å². The number of rotatable bonds is 19. The lowest BCUT2D eigenvalue weighted by molar-refractivity contribution is -0.142. The number of thioether (sulfide) groups is 2. The second-order valence-electron chi connectivity index (χ2n) is 16.8. The molecule has 0 bridgehead atoms. The maximum atomic E-state index is 14.5. The molecule has 2 saturated heterocycles. The Labute approximate surface area is 412 Å². The molecule has 25 nitrogen and oxygen atoms in total. The number of nitrogens with zero attached hydrogens (tertiary/aromatic N) is 1. The van der Waals surface area contributed by atoms with Gasteiger partial charge in [0, 0.05) is 37.3 Å². The molecule has 8 atom stereocenters. The number of hydrogen-bond donors (Lipinski definition) is 12. The van der Waals surface area contributed by atoms with Crippen molar-refractivity contribution in [2.45, 2.75) is 114 Å². The summed E-state index contributed by atoms with van der Waals surface area (Å²) < 4.78 is 0. The fourth-order valence-corrected chi connectivity index (χ4v) is 9.08. The number of primary amides is 4. The summed E-state index contributed by atoms with van der Waals surface area (Å²) in [6.07, 6.45) is -0.818. The molecule has 16 N–H and O–H groups in total. The molecule has 2 fully saturated rings. The molecule has 12 amide bonds. The molecule has 0 spiro atoms. The van der Waals surface area contributed by atoms with Crippen LogP contribution in [0.15, 0.2) is 24.3 Å². The number of hydrogen-bond acceptors (Lipinski definition) is 15. The Kier molecular flexibility index (Phi) is 23.7. The smallest absolute Gasteiger partial charge is 0.246 e. The van der Waals surface area contributed by atoms with Crippen molar-refractivity contribution in [1.29, 1.82) is 0 Å². The van der Waals surface area contributed by atoms with Crippen LogP contribution in [0.3, 0.4) is 0 Å². The van der Waals surface area contributed by atoms with Gasteiger partial charge in [-0.3, -0.25) is 57.5 Å². The number of likely N-dealkylation sites (tertiary alicyclic amines) is 1. The van der Waals surface area contributed by atoms with Gasteiger partial charge in [0.15, 0.2) is 0 Å². The Bertz CT molecular complexity index is 2100. The van der Waals surface area contributed by atoms with Crippen LogP contribution >= 0.6 is 23.5 Å². The molecular weight excluding hydrogens is 957 g/mol. The Balaban J connectivity index is 2.02. The number of phenolic OH excluding ortho intramolecular Hbond substituents is 1. The first-order chi connectivity index (χ1) is 33.1. The van der Waals surface area contributed by atoms with Gasteiger partial charge in [-0.1, -0.05) is 32.4 Å². The molecule has 1 aromatic carbocycles. The molecule has 386 valence electrons. The summed E-state index contributed by atoms with van der Waals surface area (Å²) in [5, 5.41) is 27.6. The first kappa shape index (κ1) is 57.7. The van der Waals surface area contributed by atoms with E-state index in [0.29, 0.717) is 18.4 Å². The number of nitrogens with two attached hydrogens (primary N) is 4. The highest BCUT2D eigenvalue weighted by atomic mass is 32.2. The molecule has 27 heteroatoms. The lowest BCUT2D eigenvalue weighted by Crippen LogP contribution is -2.61. The monoisotopic (exact) mass is 1020 g/mol. The lowest BCUT2D eigenvalue weighted by Gasteiger charge is -2.31. The quantitative estimate of drug-likeness (QED) is 0.0620. The lowest BCUT2D eigenvalue weighted by atomic mass is 9.96. The van der Waals surface area contributed by atoms with Gasteiger partial charge in [0.1, 0.15) is 48.0 Å². The minimum Gasteiger partial charge on any atom is -0.508 e. The van der Waals surface area contributed by atoms with Crippen molar-refractivity contribution in [3.63, 3.8) is 0 Å². The molecule has 0 aromatic heterocycles. The average Bonchev–Trinajstić information content (AvgIpc) is 3.80. The van der Waals surface area contributed by atoms with Crippen molar-refractivity contribution in [1.82, 2.24) is 42.1 Å². The predicted octanol–water partition coefficient (Wildman–Crippen LogP) is -4.63. The summed E-state index contributed by atoms with van der Waals surface area (Å²) in [6, 6.07) is -3.89. The van der Waals surface area contributed by atoms with Gasteiger partial charge in [0.25, 0.3) is 0 Å². The predicted molar refractivity (Wildman–Crippen MR) is 255 cm³/mol. The zero-order valence-electron chi connectivity index (χ0n) is 39.0. The minimum absolute atomic E-state index is 0.0162. The van der Waals surface area contributed by atoms with Crippen LogP contribution in [-0.2, 0) is 64.0 Å². The highest BCUT2D eigenvalue weighted by Gasteiger charge is 2.40. The molecule has 1 aromatic rings. The zero-order chi connectivity index (χ0) is 52.1. The van der Waals surface area contributed by atoms with Crippen molar-refractivity contribution >= 4 is 94.4 Å². The maximum absolute atomic E-state index is 14.5. The summed E-state index contributed by atoms with van der Waals surface area (Å²) in [5.74, 6) is -11.0. The standard InChI is InChI=1S/C43H64N12O13S2/c1-3-22(2)36-42(67)50-25(12-13-31(44)57)38(63)51-27(17-32(45)58)39(64)53-29(20-69-15-5-7-35(61)49-26(40(65)54-36)16-23-8-10-24(56)11-9-23)43(68)55-14-4-6-30(55)41(66)52-28(19-70-21-34(47)60)37(62)48-18-33(46)59/h8-11,22,25-30,36,56H,3-7,12-21H2,1-2H3,(H2,44,57)(H2,45,58)(H2,46,59)(H2,47,60)(H,48,62)(H,49,61)(H,50,67)(H,51,63)(H,52,66)(H,53,64)(H,54,65)/t22-,25-,26-,27-,28-,29-,30-,36-/m0/s1. The van der Waals surface area contributed by atoms with E-state index >= 15 is 0 Å². The summed E-state index contributed by atoms with van der Waals surface area (Å²) >= 11 is 2.06. The normalized spacial score (nSPS) is 22.9. The van der Waals surface area contributed by atoms with Crippen LogP contribution in [0, 0.1) is 5.92 Å². The van der Waals surface area contributed by atoms with Gasteiger partial charge in [0.2, 0.25) is 70.9 Å². The molecule has 0 saturated carbocycles. The van der Waals surface area contributed by atoms with Crippen molar-refractivity contribution in [3.8, 4) is 5.75 Å². The van der Waals surface area contributed by atoms with E-state index in [4.69, 9.17) is 22.9 Å². The summed E-state index contributed by atoms with van der Waals surface area (Å²) in [7, 11) is 0. The summed E-state index contributed by atoms with van der Waals surface area (Å²) in [5.41, 5.74) is 21.8. The van der Waals surface area contributed by atoms with Gasteiger partial charge in [-0.25, -0.2) is 0 Å². The molecule has 2 heterocycles. The van der Waals surface area contributed by atoms with E-state index in [2.05, 4.69) is 37.2 Å². The third-order valence-electron chi connectivity index (χ3n) is 11.2. The minimum atomic E-state index is -1.76. The second kappa shape index (κ2) is 28.8. The highest BCUT2D eigenvalue weighted by molar-refractivity contribution is 8.00. The number of amides is 12. The van der Waals surface area contributed by atoms with Crippen LogP contribution < -0.4 is 60.2 Å². The van der Waals surface area contributed by atoms with Crippen LogP contribution in [0.4, 0.5) is 0 Å². The van der Waals surface area contributed by atoms with Crippen LogP contribution in [0.5, 0.6) is 5.75 Å². The Morgan fingerprint density at radius 1 is 0.814 bits per heavy atom. The van der Waals surface area contributed by atoms with Crippen LogP contribution in [0.2, 0.25) is 0 Å². The molecular formula is C43H64N12O13S2. The van der Waals surface area contributed by atoms with Gasteiger partial charge in [-0.15, -0.1) is 11.8 Å². The Morgan fingerprint density at radius 2 is 1.47 bits per heavy atom. The van der Waals surface area contributed by atoms with E-state index in [9.17, 15) is 62.6 Å². The van der Waals surface area contributed by atoms with Gasteiger partial charge in [-0.05, 0) is 55.1 Å². The third kappa shape index (κ3) is 19.4. The Morgan fingerprint density at radius 3 is 2.10 bits per heavy atom. The largest absolute Gasteiger partial charge is 0.508 e. The topological polar surface area (TPSA) is 417 Å². The highest BCUT2D eigenvalue weighted by Crippen LogP contribution is 2.21. The van der Waals surface area contributed by atoms with Crippen LogP contribution in [0.25, 0.3) is 0 Å². The number of carbonyl (C=O) groups excluding carboxylic acids is 12. The molecule has 0 radical (unpaired) electrons. The molecule has 70 heavy (non-hydrogen) atoms. The molecule has 2 aliphatic heterocycles.